The molecule has 1 aliphatic rings. The molecule has 2 heterocycles. The minimum Gasteiger partial charge on any atom is -0.384 e. The maximum atomic E-state index is 12.1. The van der Waals surface area contributed by atoms with E-state index in [2.05, 4.69) is 15.6 Å². The van der Waals surface area contributed by atoms with Gasteiger partial charge in [-0.1, -0.05) is 23.4 Å². The quantitative estimate of drug-likeness (QED) is 0.902. The summed E-state index contributed by atoms with van der Waals surface area (Å²) in [5.74, 6) is 0. The van der Waals surface area contributed by atoms with Gasteiger partial charge in [0.1, 0.15) is 11.3 Å². The van der Waals surface area contributed by atoms with E-state index in [0.717, 1.165) is 5.69 Å². The lowest BCUT2D eigenvalue weighted by Crippen LogP contribution is -2.52. The molecule has 0 aliphatic carbocycles. The average Bonchev–Trinajstić information content (AvgIpc) is 2.87. The zero-order valence-corrected chi connectivity index (χ0v) is 12.6. The fourth-order valence-electron chi connectivity index (χ4n) is 2.25. The van der Waals surface area contributed by atoms with Crippen molar-refractivity contribution in [1.29, 1.82) is 0 Å². The van der Waals surface area contributed by atoms with E-state index >= 15 is 0 Å². The number of urea groups is 1. The number of nitrogens with one attached hydrogen (secondary N) is 1. The van der Waals surface area contributed by atoms with E-state index in [-0.39, 0.29) is 12.1 Å². The van der Waals surface area contributed by atoms with Crippen LogP contribution in [-0.2, 0) is 5.60 Å². The van der Waals surface area contributed by atoms with E-state index in [1.165, 1.54) is 0 Å². The minimum atomic E-state index is -1.01. The van der Waals surface area contributed by atoms with Crippen LogP contribution in [0, 0.1) is 0 Å². The molecule has 1 aromatic carbocycles. The third kappa shape index (κ3) is 2.94. The number of aliphatic hydroxyl groups is 1. The zero-order chi connectivity index (χ0) is 15.7. The summed E-state index contributed by atoms with van der Waals surface area (Å²) in [4.78, 5) is 13.8. The highest BCUT2D eigenvalue weighted by Crippen LogP contribution is 2.23. The molecule has 0 unspecified atom stereocenters. The van der Waals surface area contributed by atoms with Crippen molar-refractivity contribution < 1.29 is 9.90 Å². The Morgan fingerprint density at radius 3 is 2.59 bits per heavy atom. The number of aromatic nitrogens is 3. The fourth-order valence-corrected chi connectivity index (χ4v) is 2.25. The van der Waals surface area contributed by atoms with E-state index in [1.54, 1.807) is 29.6 Å². The Balaban J connectivity index is 1.55. The smallest absolute Gasteiger partial charge is 0.321 e. The molecule has 0 saturated carbocycles. The standard InChI is InChI=1S/C15H19N5O2/c1-15(2,22)13-10-20(18-17-13)12-8-19(9-12)14(21)16-11-6-4-3-5-7-11/h3-7,10,12,22H,8-9H2,1-2H3,(H,16,21). The van der Waals surface area contributed by atoms with Crippen LogP contribution >= 0.6 is 0 Å². The highest BCUT2D eigenvalue weighted by molar-refractivity contribution is 5.89. The van der Waals surface area contributed by atoms with E-state index < -0.39 is 5.60 Å². The van der Waals surface area contributed by atoms with Crippen molar-refractivity contribution in [1.82, 2.24) is 19.9 Å². The van der Waals surface area contributed by atoms with Crippen molar-refractivity contribution in [2.75, 3.05) is 18.4 Å². The van der Waals surface area contributed by atoms with Crippen molar-refractivity contribution in [2.45, 2.75) is 25.5 Å². The molecule has 22 heavy (non-hydrogen) atoms. The zero-order valence-electron chi connectivity index (χ0n) is 12.6. The Morgan fingerprint density at radius 1 is 1.32 bits per heavy atom. The van der Waals surface area contributed by atoms with Crippen LogP contribution in [0.3, 0.4) is 0 Å². The molecule has 1 saturated heterocycles. The normalized spacial score (nSPS) is 15.5. The van der Waals surface area contributed by atoms with Crippen molar-refractivity contribution in [2.24, 2.45) is 0 Å². The first kappa shape index (κ1) is 14.5. The summed E-state index contributed by atoms with van der Waals surface area (Å²) in [5.41, 5.74) is 0.299. The molecule has 0 spiro atoms. The van der Waals surface area contributed by atoms with Crippen LogP contribution in [0.1, 0.15) is 25.6 Å². The number of carbonyl (C=O) groups is 1. The summed E-state index contributed by atoms with van der Waals surface area (Å²) in [6.07, 6.45) is 1.73. The second-order valence-electron chi connectivity index (χ2n) is 6.00. The van der Waals surface area contributed by atoms with Gasteiger partial charge in [0.2, 0.25) is 0 Å². The van der Waals surface area contributed by atoms with E-state index in [0.29, 0.717) is 18.8 Å². The predicted octanol–water partition coefficient (Wildman–Crippen LogP) is 1.59. The lowest BCUT2D eigenvalue weighted by molar-refractivity contribution is 0.0735. The van der Waals surface area contributed by atoms with E-state index in [9.17, 15) is 9.90 Å². The van der Waals surface area contributed by atoms with Crippen molar-refractivity contribution in [3.8, 4) is 0 Å². The molecule has 1 aliphatic heterocycles. The van der Waals surface area contributed by atoms with Gasteiger partial charge in [-0.15, -0.1) is 5.10 Å². The molecular formula is C15H19N5O2. The Hall–Kier alpha value is -2.41. The molecule has 2 N–H and O–H groups in total. The van der Waals surface area contributed by atoms with Gasteiger partial charge in [-0.05, 0) is 26.0 Å². The molecule has 7 heteroatoms. The molecule has 2 amide bonds. The van der Waals surface area contributed by atoms with Gasteiger partial charge >= 0.3 is 6.03 Å². The number of likely N-dealkylation sites (tertiary alicyclic amines) is 1. The highest BCUT2D eigenvalue weighted by atomic mass is 16.3. The van der Waals surface area contributed by atoms with Gasteiger partial charge in [-0.2, -0.15) is 0 Å². The lowest BCUT2D eigenvalue weighted by Gasteiger charge is -2.38. The van der Waals surface area contributed by atoms with Crippen LogP contribution in [0.25, 0.3) is 0 Å². The van der Waals surface area contributed by atoms with Crippen molar-refractivity contribution in [3.05, 3.63) is 42.2 Å². The van der Waals surface area contributed by atoms with Gasteiger partial charge in [0.05, 0.1) is 12.2 Å². The molecule has 1 fully saturated rings. The molecule has 3 rings (SSSR count). The summed E-state index contributed by atoms with van der Waals surface area (Å²) < 4.78 is 1.71. The predicted molar refractivity (Wildman–Crippen MR) is 81.3 cm³/mol. The molecular weight excluding hydrogens is 282 g/mol. The molecule has 7 nitrogen and oxygen atoms in total. The van der Waals surface area contributed by atoms with Crippen LogP contribution in [0.15, 0.2) is 36.5 Å². The summed E-state index contributed by atoms with van der Waals surface area (Å²) >= 11 is 0. The first-order chi connectivity index (χ1) is 10.4. The van der Waals surface area contributed by atoms with Gasteiger partial charge < -0.3 is 15.3 Å². The summed E-state index contributed by atoms with van der Waals surface area (Å²) in [7, 11) is 0. The van der Waals surface area contributed by atoms with Crippen LogP contribution < -0.4 is 5.32 Å². The third-order valence-electron chi connectivity index (χ3n) is 3.69. The van der Waals surface area contributed by atoms with Crippen LogP contribution in [0.5, 0.6) is 0 Å². The molecule has 0 atom stereocenters. The number of anilines is 1. The molecule has 1 aromatic heterocycles. The Bertz CT molecular complexity index is 656. The first-order valence-electron chi connectivity index (χ1n) is 7.19. The maximum Gasteiger partial charge on any atom is 0.321 e. The lowest BCUT2D eigenvalue weighted by atomic mass is 10.1. The second-order valence-corrected chi connectivity index (χ2v) is 6.00. The molecule has 0 bridgehead atoms. The monoisotopic (exact) mass is 301 g/mol. The Morgan fingerprint density at radius 2 is 2.00 bits per heavy atom. The van der Waals surface area contributed by atoms with E-state index in [4.69, 9.17) is 0 Å². The molecule has 116 valence electrons. The number of para-hydroxylation sites is 1. The fraction of sp³-hybridized carbons (Fsp3) is 0.400. The van der Waals surface area contributed by atoms with Crippen LogP contribution in [0.4, 0.5) is 10.5 Å². The van der Waals surface area contributed by atoms with Gasteiger partial charge in [-0.25, -0.2) is 9.48 Å². The number of hydrogen-bond donors (Lipinski definition) is 2. The number of hydrogen-bond acceptors (Lipinski definition) is 4. The van der Waals surface area contributed by atoms with E-state index in [1.807, 2.05) is 30.3 Å². The third-order valence-corrected chi connectivity index (χ3v) is 3.69. The number of carbonyl (C=O) groups excluding carboxylic acids is 1. The summed E-state index contributed by atoms with van der Waals surface area (Å²) in [6.45, 7) is 4.49. The largest absolute Gasteiger partial charge is 0.384 e. The van der Waals surface area contributed by atoms with Crippen molar-refractivity contribution in [3.63, 3.8) is 0 Å². The Labute approximate surface area is 128 Å². The SMILES string of the molecule is CC(C)(O)c1cn(C2CN(C(=O)Nc3ccccc3)C2)nn1. The van der Waals surface area contributed by atoms with Gasteiger partial charge in [0, 0.05) is 18.8 Å². The van der Waals surface area contributed by atoms with Crippen LogP contribution in [0.2, 0.25) is 0 Å². The van der Waals surface area contributed by atoms with Gasteiger partial charge in [-0.3, -0.25) is 0 Å². The second kappa shape index (κ2) is 5.42. The number of amides is 2. The number of benzene rings is 1. The topological polar surface area (TPSA) is 83.3 Å². The molecule has 0 radical (unpaired) electrons. The minimum absolute atomic E-state index is 0.102. The summed E-state index contributed by atoms with van der Waals surface area (Å²) in [6, 6.07) is 9.34. The van der Waals surface area contributed by atoms with Gasteiger partial charge in [0.25, 0.3) is 0 Å². The van der Waals surface area contributed by atoms with Gasteiger partial charge in [0.15, 0.2) is 0 Å². The summed E-state index contributed by atoms with van der Waals surface area (Å²) in [5, 5.41) is 20.7. The molecule has 2 aromatic rings. The Kier molecular flexibility index (Phi) is 3.58. The van der Waals surface area contributed by atoms with Crippen molar-refractivity contribution >= 4 is 11.7 Å². The number of nitrogens with zero attached hydrogens (tertiary/aromatic N) is 4. The first-order valence-corrected chi connectivity index (χ1v) is 7.19. The maximum absolute atomic E-state index is 12.1. The van der Waals surface area contributed by atoms with Crippen LogP contribution in [-0.4, -0.2) is 44.1 Å². The average molecular weight is 301 g/mol. The highest BCUT2D eigenvalue weighted by Gasteiger charge is 2.33. The number of rotatable bonds is 3.